The summed E-state index contributed by atoms with van der Waals surface area (Å²) in [6, 6.07) is 1.33. The highest BCUT2D eigenvalue weighted by atomic mass is 16.1. The Morgan fingerprint density at radius 1 is 1.47 bits per heavy atom. The molecule has 2 unspecified atom stereocenters. The molecule has 3 rings (SSSR count). The Hall–Kier alpha value is -1.16. The first-order chi connectivity index (χ1) is 8.20. The number of piperidine rings is 1. The zero-order chi connectivity index (χ0) is 11.8. The van der Waals surface area contributed by atoms with Crippen LogP contribution in [-0.2, 0) is 7.05 Å². The van der Waals surface area contributed by atoms with Gasteiger partial charge in [-0.15, -0.1) is 0 Å². The van der Waals surface area contributed by atoms with Gasteiger partial charge >= 0.3 is 0 Å². The van der Waals surface area contributed by atoms with Crippen molar-refractivity contribution >= 4 is 5.78 Å². The van der Waals surface area contributed by atoms with E-state index in [1.165, 1.54) is 25.7 Å². The maximum Gasteiger partial charge on any atom is 0.166 e. The number of ketones is 1. The number of carbonyl (C=O) groups excluding carboxylic acids is 1. The normalized spacial score (nSPS) is 31.7. The number of hydrogen-bond donors (Lipinski definition) is 1. The van der Waals surface area contributed by atoms with E-state index < -0.39 is 0 Å². The molecule has 17 heavy (non-hydrogen) atoms. The molecular weight excluding hydrogens is 214 g/mol. The van der Waals surface area contributed by atoms with Crippen molar-refractivity contribution in [1.82, 2.24) is 15.1 Å². The van der Waals surface area contributed by atoms with Crippen LogP contribution in [0, 0.1) is 5.92 Å². The Balaban J connectivity index is 1.62. The highest BCUT2D eigenvalue weighted by Crippen LogP contribution is 2.33. The first-order valence-electron chi connectivity index (χ1n) is 6.48. The molecule has 1 aromatic heterocycles. The molecule has 0 amide bonds. The van der Waals surface area contributed by atoms with Gasteiger partial charge in [-0.25, -0.2) is 0 Å². The molecule has 2 aliphatic heterocycles. The fourth-order valence-electron chi connectivity index (χ4n) is 3.29. The smallest absolute Gasteiger partial charge is 0.166 e. The van der Waals surface area contributed by atoms with Crippen LogP contribution in [0.1, 0.15) is 42.5 Å². The Kier molecular flexibility index (Phi) is 2.74. The molecule has 1 aromatic rings. The van der Waals surface area contributed by atoms with Gasteiger partial charge in [0.25, 0.3) is 0 Å². The van der Waals surface area contributed by atoms with Crippen LogP contribution in [0.3, 0.4) is 0 Å². The molecular formula is C13H19N3O. The highest BCUT2D eigenvalue weighted by molar-refractivity contribution is 5.95. The van der Waals surface area contributed by atoms with Gasteiger partial charge in [0, 0.05) is 31.7 Å². The van der Waals surface area contributed by atoms with Gasteiger partial charge in [0.15, 0.2) is 5.78 Å². The molecule has 92 valence electrons. The maximum atomic E-state index is 12.1. The summed E-state index contributed by atoms with van der Waals surface area (Å²) in [4.78, 5) is 12.1. The lowest BCUT2D eigenvalue weighted by molar-refractivity contribution is 0.0945. The predicted molar refractivity (Wildman–Crippen MR) is 64.8 cm³/mol. The summed E-state index contributed by atoms with van der Waals surface area (Å²) in [5.41, 5.74) is 0.762. The van der Waals surface area contributed by atoms with Crippen LogP contribution in [0.25, 0.3) is 0 Å². The van der Waals surface area contributed by atoms with Crippen LogP contribution in [0.2, 0.25) is 0 Å². The molecule has 0 radical (unpaired) electrons. The predicted octanol–water partition coefficient (Wildman–Crippen LogP) is 1.52. The zero-order valence-electron chi connectivity index (χ0n) is 10.2. The van der Waals surface area contributed by atoms with Gasteiger partial charge < -0.3 is 5.32 Å². The Morgan fingerprint density at radius 3 is 2.76 bits per heavy atom. The van der Waals surface area contributed by atoms with Crippen molar-refractivity contribution in [2.75, 3.05) is 0 Å². The van der Waals surface area contributed by atoms with Crippen LogP contribution in [0.15, 0.2) is 12.4 Å². The van der Waals surface area contributed by atoms with Crippen LogP contribution < -0.4 is 5.32 Å². The average Bonchev–Trinajstić information content (AvgIpc) is 2.85. The van der Waals surface area contributed by atoms with E-state index in [0.29, 0.717) is 24.4 Å². The van der Waals surface area contributed by atoms with Crippen LogP contribution in [0.4, 0.5) is 0 Å². The van der Waals surface area contributed by atoms with Crippen molar-refractivity contribution in [2.45, 2.75) is 44.2 Å². The van der Waals surface area contributed by atoms with E-state index in [2.05, 4.69) is 10.4 Å². The van der Waals surface area contributed by atoms with Crippen molar-refractivity contribution in [1.29, 1.82) is 0 Å². The first-order valence-corrected chi connectivity index (χ1v) is 6.48. The number of nitrogens with zero attached hydrogens (tertiary/aromatic N) is 2. The SMILES string of the molecule is Cn1cc(C(=O)CC2CC3CCC(C2)N3)cn1. The second-order valence-corrected chi connectivity index (χ2v) is 5.51. The summed E-state index contributed by atoms with van der Waals surface area (Å²) >= 11 is 0. The molecule has 0 spiro atoms. The fraction of sp³-hybridized carbons (Fsp3) is 0.692. The van der Waals surface area contributed by atoms with Crippen LogP contribution >= 0.6 is 0 Å². The summed E-state index contributed by atoms with van der Waals surface area (Å²) in [7, 11) is 1.85. The number of nitrogens with one attached hydrogen (secondary N) is 1. The molecule has 4 nitrogen and oxygen atoms in total. The summed E-state index contributed by atoms with van der Waals surface area (Å²) in [5, 5.41) is 7.67. The van der Waals surface area contributed by atoms with Gasteiger partial charge in [0.2, 0.25) is 0 Å². The summed E-state index contributed by atoms with van der Waals surface area (Å²) in [6.07, 6.45) is 9.12. The van der Waals surface area contributed by atoms with E-state index in [1.807, 2.05) is 13.2 Å². The van der Waals surface area contributed by atoms with E-state index in [-0.39, 0.29) is 5.78 Å². The number of hydrogen-bond acceptors (Lipinski definition) is 3. The number of fused-ring (bicyclic) bond motifs is 2. The van der Waals surface area contributed by atoms with E-state index in [9.17, 15) is 4.79 Å². The van der Waals surface area contributed by atoms with Crippen molar-refractivity contribution < 1.29 is 4.79 Å². The largest absolute Gasteiger partial charge is 0.311 e. The molecule has 2 atom stereocenters. The van der Waals surface area contributed by atoms with Gasteiger partial charge in [-0.1, -0.05) is 0 Å². The minimum atomic E-state index is 0.254. The van der Waals surface area contributed by atoms with Crippen molar-refractivity contribution in [2.24, 2.45) is 13.0 Å². The van der Waals surface area contributed by atoms with Crippen LogP contribution in [0.5, 0.6) is 0 Å². The second-order valence-electron chi connectivity index (χ2n) is 5.51. The molecule has 2 bridgehead atoms. The van der Waals surface area contributed by atoms with Gasteiger partial charge in [-0.2, -0.15) is 5.10 Å². The lowest BCUT2D eigenvalue weighted by atomic mass is 9.87. The van der Waals surface area contributed by atoms with Gasteiger partial charge in [-0.3, -0.25) is 9.48 Å². The third kappa shape index (κ3) is 2.27. The number of aryl methyl sites for hydroxylation is 1. The molecule has 4 heteroatoms. The second kappa shape index (κ2) is 4.26. The zero-order valence-corrected chi connectivity index (χ0v) is 10.2. The lowest BCUT2D eigenvalue weighted by Gasteiger charge is -2.28. The van der Waals surface area contributed by atoms with E-state index >= 15 is 0 Å². The Bertz CT molecular complexity index is 414. The van der Waals surface area contributed by atoms with Gasteiger partial charge in [0.1, 0.15) is 0 Å². The number of carbonyl (C=O) groups is 1. The standard InChI is InChI=1S/C13H19N3O/c1-16-8-10(7-14-16)13(17)6-9-4-11-2-3-12(5-9)15-11/h7-9,11-12,15H,2-6H2,1H3. The molecule has 2 aliphatic rings. The van der Waals surface area contributed by atoms with E-state index in [0.717, 1.165) is 5.56 Å². The third-order valence-corrected chi connectivity index (χ3v) is 4.07. The first kappa shape index (κ1) is 11.0. The third-order valence-electron chi connectivity index (χ3n) is 4.07. The quantitative estimate of drug-likeness (QED) is 0.805. The molecule has 2 saturated heterocycles. The van der Waals surface area contributed by atoms with Crippen molar-refractivity contribution in [3.8, 4) is 0 Å². The highest BCUT2D eigenvalue weighted by Gasteiger charge is 2.34. The van der Waals surface area contributed by atoms with Crippen LogP contribution in [-0.4, -0.2) is 27.6 Å². The molecule has 3 heterocycles. The molecule has 0 aliphatic carbocycles. The van der Waals surface area contributed by atoms with Gasteiger partial charge in [0.05, 0.1) is 11.8 Å². The minimum absolute atomic E-state index is 0.254. The number of aromatic nitrogens is 2. The molecule has 0 saturated carbocycles. The minimum Gasteiger partial charge on any atom is -0.311 e. The molecule has 2 fully saturated rings. The Labute approximate surface area is 101 Å². The number of rotatable bonds is 3. The summed E-state index contributed by atoms with van der Waals surface area (Å²) in [6.45, 7) is 0. The fourth-order valence-corrected chi connectivity index (χ4v) is 3.29. The van der Waals surface area contributed by atoms with E-state index in [1.54, 1.807) is 10.9 Å². The monoisotopic (exact) mass is 233 g/mol. The van der Waals surface area contributed by atoms with Gasteiger partial charge in [-0.05, 0) is 31.6 Å². The lowest BCUT2D eigenvalue weighted by Crippen LogP contribution is -2.38. The van der Waals surface area contributed by atoms with Crippen molar-refractivity contribution in [3.05, 3.63) is 18.0 Å². The average molecular weight is 233 g/mol. The molecule has 0 aromatic carbocycles. The Morgan fingerprint density at radius 2 is 2.18 bits per heavy atom. The topological polar surface area (TPSA) is 46.9 Å². The summed E-state index contributed by atoms with van der Waals surface area (Å²) in [5.74, 6) is 0.825. The summed E-state index contributed by atoms with van der Waals surface area (Å²) < 4.78 is 1.69. The van der Waals surface area contributed by atoms with Crippen molar-refractivity contribution in [3.63, 3.8) is 0 Å². The number of Topliss-reactive ketones (excluding diaryl/α,β-unsaturated/α-hetero) is 1. The van der Waals surface area contributed by atoms with E-state index in [4.69, 9.17) is 0 Å². The maximum absolute atomic E-state index is 12.1. The molecule has 1 N–H and O–H groups in total.